The summed E-state index contributed by atoms with van der Waals surface area (Å²) >= 11 is 0. The molecule has 1 amide bonds. The largest absolute Gasteiger partial charge is 0.493 e. The van der Waals surface area contributed by atoms with Crippen molar-refractivity contribution in [1.29, 1.82) is 0 Å². The first kappa shape index (κ1) is 27.2. The number of nitrogens with one attached hydrogen (secondary N) is 1. The van der Waals surface area contributed by atoms with E-state index in [2.05, 4.69) is 5.32 Å². The first-order valence-corrected chi connectivity index (χ1v) is 13.2. The quantitative estimate of drug-likeness (QED) is 0.361. The molecule has 0 aliphatic heterocycles. The molecule has 3 rings (SSSR count). The summed E-state index contributed by atoms with van der Waals surface area (Å²) in [4.78, 5) is 11.7. The van der Waals surface area contributed by atoms with Crippen LogP contribution >= 0.6 is 0 Å². The maximum absolute atomic E-state index is 12.4. The van der Waals surface area contributed by atoms with Crippen LogP contribution in [0.2, 0.25) is 0 Å². The molecule has 2 N–H and O–H groups in total. The number of carbonyl (C=O) groups is 1. The molecule has 0 fully saturated rings. The third-order valence-electron chi connectivity index (χ3n) is 5.38. The fourth-order valence-electron chi connectivity index (χ4n) is 3.71. The number of hydrogen-bond acceptors (Lipinski definition) is 7. The Hall–Kier alpha value is -3.40. The number of aliphatic hydroxyl groups excluding tert-OH is 1. The van der Waals surface area contributed by atoms with Gasteiger partial charge in [-0.1, -0.05) is 54.6 Å². The minimum absolute atomic E-state index is 0.0215. The SMILES string of the molecule is COc1cc(-c2ccc(CS(=O)(=O)CC(=O)NCCO)cc2)cc(COCc2ccccc2)c1OC. The number of hydrogen-bond donors (Lipinski definition) is 2. The molecule has 192 valence electrons. The van der Waals surface area contributed by atoms with Crippen LogP contribution < -0.4 is 14.8 Å². The zero-order valence-corrected chi connectivity index (χ0v) is 21.2. The lowest BCUT2D eigenvalue weighted by Crippen LogP contribution is -2.32. The maximum Gasteiger partial charge on any atom is 0.235 e. The molecule has 0 unspecified atom stereocenters. The molecule has 0 radical (unpaired) electrons. The van der Waals surface area contributed by atoms with E-state index in [-0.39, 0.29) is 18.9 Å². The Balaban J connectivity index is 1.75. The zero-order chi connectivity index (χ0) is 26.0. The highest BCUT2D eigenvalue weighted by molar-refractivity contribution is 7.91. The summed E-state index contributed by atoms with van der Waals surface area (Å²) in [5.41, 5.74) is 4.19. The lowest BCUT2D eigenvalue weighted by Gasteiger charge is -2.16. The minimum atomic E-state index is -3.65. The molecule has 9 heteroatoms. The topological polar surface area (TPSA) is 111 Å². The van der Waals surface area contributed by atoms with E-state index in [4.69, 9.17) is 19.3 Å². The Bertz CT molecular complexity index is 1240. The van der Waals surface area contributed by atoms with Gasteiger partial charge >= 0.3 is 0 Å². The number of benzene rings is 3. The van der Waals surface area contributed by atoms with Gasteiger partial charge in [0.15, 0.2) is 21.3 Å². The first-order valence-electron chi connectivity index (χ1n) is 11.4. The van der Waals surface area contributed by atoms with Crippen LogP contribution in [0.15, 0.2) is 66.7 Å². The molecule has 3 aromatic carbocycles. The molecule has 0 bridgehead atoms. The molecular formula is C27H31NO7S. The molecule has 0 aliphatic carbocycles. The second kappa shape index (κ2) is 13.1. The van der Waals surface area contributed by atoms with Crippen LogP contribution in [0.25, 0.3) is 11.1 Å². The van der Waals surface area contributed by atoms with Crippen molar-refractivity contribution in [2.75, 3.05) is 33.1 Å². The van der Waals surface area contributed by atoms with E-state index in [0.29, 0.717) is 30.3 Å². The van der Waals surface area contributed by atoms with Gasteiger partial charge < -0.3 is 24.6 Å². The smallest absolute Gasteiger partial charge is 0.235 e. The van der Waals surface area contributed by atoms with Gasteiger partial charge in [-0.3, -0.25) is 4.79 Å². The molecule has 0 heterocycles. The van der Waals surface area contributed by atoms with Gasteiger partial charge in [-0.05, 0) is 34.4 Å². The van der Waals surface area contributed by atoms with E-state index >= 15 is 0 Å². The van der Waals surface area contributed by atoms with E-state index in [1.54, 1.807) is 26.4 Å². The Morgan fingerprint density at radius 1 is 0.889 bits per heavy atom. The van der Waals surface area contributed by atoms with Crippen LogP contribution in [0.3, 0.4) is 0 Å². The summed E-state index contributed by atoms with van der Waals surface area (Å²) in [7, 11) is -0.497. The van der Waals surface area contributed by atoms with Crippen LogP contribution in [-0.2, 0) is 38.3 Å². The number of sulfone groups is 1. The molecule has 3 aromatic rings. The lowest BCUT2D eigenvalue weighted by atomic mass is 10.0. The number of amides is 1. The van der Waals surface area contributed by atoms with Gasteiger partial charge in [0, 0.05) is 12.1 Å². The van der Waals surface area contributed by atoms with Crippen molar-refractivity contribution in [3.05, 3.63) is 83.4 Å². The number of methoxy groups -OCH3 is 2. The van der Waals surface area contributed by atoms with Crippen molar-refractivity contribution in [1.82, 2.24) is 5.32 Å². The third-order valence-corrected chi connectivity index (χ3v) is 6.86. The van der Waals surface area contributed by atoms with E-state index < -0.39 is 21.5 Å². The minimum Gasteiger partial charge on any atom is -0.493 e. The summed E-state index contributed by atoms with van der Waals surface area (Å²) in [6, 6.07) is 20.8. The Morgan fingerprint density at radius 3 is 2.25 bits per heavy atom. The second-order valence-corrected chi connectivity index (χ2v) is 10.2. The lowest BCUT2D eigenvalue weighted by molar-refractivity contribution is -0.118. The maximum atomic E-state index is 12.4. The monoisotopic (exact) mass is 513 g/mol. The van der Waals surface area contributed by atoms with Crippen LogP contribution in [0.5, 0.6) is 11.5 Å². The van der Waals surface area contributed by atoms with E-state index in [1.165, 1.54) is 0 Å². The van der Waals surface area contributed by atoms with E-state index in [1.807, 2.05) is 54.6 Å². The standard InChI is InChI=1S/C27H31NO7S/c1-33-25-15-23(14-24(27(25)34-2)17-35-16-20-6-4-3-5-7-20)22-10-8-21(9-11-22)18-36(31,32)19-26(30)28-12-13-29/h3-11,14-15,29H,12-13,16-19H2,1-2H3,(H,28,30). The Labute approximate surface area is 211 Å². The van der Waals surface area contributed by atoms with Crippen molar-refractivity contribution in [2.24, 2.45) is 0 Å². The van der Waals surface area contributed by atoms with E-state index in [0.717, 1.165) is 22.3 Å². The molecule has 0 atom stereocenters. The molecular weight excluding hydrogens is 482 g/mol. The zero-order valence-electron chi connectivity index (χ0n) is 20.4. The van der Waals surface area contributed by atoms with Crippen molar-refractivity contribution in [3.8, 4) is 22.6 Å². The average molecular weight is 514 g/mol. The predicted octanol–water partition coefficient (Wildman–Crippen LogP) is 3.11. The molecule has 0 saturated heterocycles. The first-order chi connectivity index (χ1) is 17.3. The number of aliphatic hydroxyl groups is 1. The molecule has 8 nitrogen and oxygen atoms in total. The Morgan fingerprint density at radius 2 is 1.61 bits per heavy atom. The highest BCUT2D eigenvalue weighted by Crippen LogP contribution is 2.37. The second-order valence-electron chi connectivity index (χ2n) is 8.15. The fourth-order valence-corrected chi connectivity index (χ4v) is 5.02. The number of ether oxygens (including phenoxy) is 3. The molecule has 0 spiro atoms. The van der Waals surface area contributed by atoms with Gasteiger partial charge in [-0.2, -0.15) is 0 Å². The van der Waals surface area contributed by atoms with Crippen LogP contribution in [0.1, 0.15) is 16.7 Å². The van der Waals surface area contributed by atoms with Gasteiger partial charge in [0.1, 0.15) is 5.75 Å². The summed E-state index contributed by atoms with van der Waals surface area (Å²) in [6.45, 7) is 0.548. The van der Waals surface area contributed by atoms with Crippen LogP contribution in [0.4, 0.5) is 0 Å². The predicted molar refractivity (Wildman–Crippen MR) is 138 cm³/mol. The summed E-state index contributed by atoms with van der Waals surface area (Å²) in [5.74, 6) is -0.362. The van der Waals surface area contributed by atoms with Crippen LogP contribution in [0, 0.1) is 0 Å². The van der Waals surface area contributed by atoms with E-state index in [9.17, 15) is 13.2 Å². The van der Waals surface area contributed by atoms with Gasteiger partial charge in [-0.15, -0.1) is 0 Å². The summed E-state index contributed by atoms with van der Waals surface area (Å²) in [5, 5.41) is 11.1. The van der Waals surface area contributed by atoms with Gasteiger partial charge in [-0.25, -0.2) is 8.42 Å². The third kappa shape index (κ3) is 7.81. The van der Waals surface area contributed by atoms with Crippen molar-refractivity contribution < 1.29 is 32.5 Å². The number of rotatable bonds is 13. The molecule has 0 aliphatic rings. The average Bonchev–Trinajstić information content (AvgIpc) is 2.87. The highest BCUT2D eigenvalue weighted by Gasteiger charge is 2.18. The van der Waals surface area contributed by atoms with Crippen molar-refractivity contribution in [3.63, 3.8) is 0 Å². The van der Waals surface area contributed by atoms with Crippen LogP contribution in [-0.4, -0.2) is 52.6 Å². The van der Waals surface area contributed by atoms with Crippen molar-refractivity contribution in [2.45, 2.75) is 19.0 Å². The van der Waals surface area contributed by atoms with Gasteiger partial charge in [0.2, 0.25) is 5.91 Å². The molecule has 36 heavy (non-hydrogen) atoms. The van der Waals surface area contributed by atoms with Gasteiger partial charge in [0.25, 0.3) is 0 Å². The Kier molecular flexibility index (Phi) is 9.86. The molecule has 0 saturated carbocycles. The summed E-state index contributed by atoms with van der Waals surface area (Å²) in [6.07, 6.45) is 0. The van der Waals surface area contributed by atoms with Gasteiger partial charge in [0.05, 0.1) is 39.8 Å². The highest BCUT2D eigenvalue weighted by atomic mass is 32.2. The summed E-state index contributed by atoms with van der Waals surface area (Å²) < 4.78 is 41.8. The van der Waals surface area contributed by atoms with Crippen molar-refractivity contribution >= 4 is 15.7 Å². The number of carbonyl (C=O) groups excluding carboxylic acids is 1. The fraction of sp³-hybridized carbons (Fsp3) is 0.296. The normalized spacial score (nSPS) is 11.2. The molecule has 0 aromatic heterocycles.